The van der Waals surface area contributed by atoms with Crippen molar-refractivity contribution in [2.24, 2.45) is 0 Å². The Kier molecular flexibility index (Phi) is 5.43. The van der Waals surface area contributed by atoms with Gasteiger partial charge in [0.25, 0.3) is 5.69 Å². The number of hydrogen-bond donors (Lipinski definition) is 2. The van der Waals surface area contributed by atoms with Gasteiger partial charge in [0, 0.05) is 31.0 Å². The van der Waals surface area contributed by atoms with Crippen molar-refractivity contribution >= 4 is 30.3 Å². The number of nitro benzene ring substituents is 1. The lowest BCUT2D eigenvalue weighted by molar-refractivity contribution is -0.384. The largest absolute Gasteiger partial charge is 0.445 e. The van der Waals surface area contributed by atoms with Gasteiger partial charge in [0.2, 0.25) is 5.91 Å². The van der Waals surface area contributed by atoms with Gasteiger partial charge >= 0.3 is 6.09 Å². The minimum atomic E-state index is -0.603. The fourth-order valence-electron chi connectivity index (χ4n) is 2.37. The summed E-state index contributed by atoms with van der Waals surface area (Å²) in [6, 6.07) is 5.14. The molecule has 0 radical (unpaired) electrons. The van der Waals surface area contributed by atoms with E-state index in [1.165, 1.54) is 36.2 Å². The fraction of sp³-hybridized carbons (Fsp3) is 0.429. The number of likely N-dealkylation sites (tertiary alicyclic amines) is 1. The molecule has 1 aromatic carbocycles. The molecule has 1 saturated heterocycles. The zero-order valence-corrected chi connectivity index (χ0v) is 13.4. The van der Waals surface area contributed by atoms with Crippen LogP contribution in [0.25, 0.3) is 0 Å². The first-order valence-electron chi connectivity index (χ1n) is 6.98. The number of carbonyl (C=O) groups excluding carboxylic acids is 2. The third-order valence-electron chi connectivity index (χ3n) is 3.57. The van der Waals surface area contributed by atoms with Gasteiger partial charge in [-0.2, -0.15) is 12.6 Å². The van der Waals surface area contributed by atoms with Gasteiger partial charge in [-0.3, -0.25) is 19.8 Å². The molecule has 1 fully saturated rings. The molecular weight excluding hydrogens is 322 g/mol. The van der Waals surface area contributed by atoms with Crippen molar-refractivity contribution in [3.63, 3.8) is 0 Å². The Bertz CT molecular complexity index is 607. The van der Waals surface area contributed by atoms with Crippen LogP contribution in [-0.4, -0.2) is 46.7 Å². The number of ether oxygens (including phenoxy) is 1. The molecule has 1 N–H and O–H groups in total. The number of likely N-dealkylation sites (N-methyl/N-ethyl adjacent to an activating group) is 1. The van der Waals surface area contributed by atoms with E-state index in [2.05, 4.69) is 17.9 Å². The fourth-order valence-corrected chi connectivity index (χ4v) is 2.75. The Morgan fingerprint density at radius 2 is 2.09 bits per heavy atom. The Balaban J connectivity index is 1.95. The van der Waals surface area contributed by atoms with Crippen molar-refractivity contribution in [1.82, 2.24) is 10.2 Å². The van der Waals surface area contributed by atoms with Gasteiger partial charge in [-0.1, -0.05) is 0 Å². The Labute approximate surface area is 138 Å². The smallest absolute Gasteiger partial charge is 0.410 e. The number of benzene rings is 1. The number of nitro groups is 1. The second kappa shape index (κ2) is 7.32. The normalized spacial score (nSPS) is 20.2. The Morgan fingerprint density at radius 3 is 2.65 bits per heavy atom. The van der Waals surface area contributed by atoms with Crippen molar-refractivity contribution in [3.05, 3.63) is 39.9 Å². The summed E-state index contributed by atoms with van der Waals surface area (Å²) in [7, 11) is 1.51. The highest BCUT2D eigenvalue weighted by molar-refractivity contribution is 7.81. The molecule has 0 spiro atoms. The predicted octanol–water partition coefficient (Wildman–Crippen LogP) is 1.35. The molecule has 124 valence electrons. The molecular formula is C14H17N3O5S. The van der Waals surface area contributed by atoms with Gasteiger partial charge in [-0.05, 0) is 24.1 Å². The third-order valence-corrected chi connectivity index (χ3v) is 3.95. The molecule has 1 aromatic rings. The second-order valence-corrected chi connectivity index (χ2v) is 5.88. The van der Waals surface area contributed by atoms with Crippen LogP contribution in [0, 0.1) is 10.1 Å². The molecule has 2 atom stereocenters. The first-order chi connectivity index (χ1) is 10.9. The van der Waals surface area contributed by atoms with Crippen LogP contribution in [0.5, 0.6) is 0 Å². The van der Waals surface area contributed by atoms with Crippen LogP contribution in [0.1, 0.15) is 12.0 Å². The summed E-state index contributed by atoms with van der Waals surface area (Å²) in [4.78, 5) is 35.4. The SMILES string of the molecule is CNC(=O)[C@H]1C[C@@H](S)CN1C(=O)OCc1ccc([N+](=O)[O-])cc1. The van der Waals surface area contributed by atoms with Crippen molar-refractivity contribution in [2.45, 2.75) is 24.3 Å². The first-order valence-corrected chi connectivity index (χ1v) is 7.50. The summed E-state index contributed by atoms with van der Waals surface area (Å²) in [5.41, 5.74) is 0.597. The average Bonchev–Trinajstić information content (AvgIpc) is 2.94. The lowest BCUT2D eigenvalue weighted by atomic mass is 10.2. The molecule has 23 heavy (non-hydrogen) atoms. The summed E-state index contributed by atoms with van der Waals surface area (Å²) >= 11 is 4.31. The maximum Gasteiger partial charge on any atom is 0.410 e. The Hall–Kier alpha value is -2.29. The molecule has 0 bridgehead atoms. The number of nitrogens with one attached hydrogen (secondary N) is 1. The molecule has 2 rings (SSSR count). The topological polar surface area (TPSA) is 102 Å². The molecule has 0 aliphatic carbocycles. The summed E-state index contributed by atoms with van der Waals surface area (Å²) in [5, 5.41) is 13.0. The molecule has 1 aliphatic rings. The van der Waals surface area contributed by atoms with E-state index in [0.29, 0.717) is 18.5 Å². The van der Waals surface area contributed by atoms with Crippen molar-refractivity contribution in [1.29, 1.82) is 0 Å². The van der Waals surface area contributed by atoms with E-state index >= 15 is 0 Å². The molecule has 1 aliphatic heterocycles. The van der Waals surface area contributed by atoms with E-state index in [9.17, 15) is 19.7 Å². The summed E-state index contributed by atoms with van der Waals surface area (Å²) < 4.78 is 5.19. The standard InChI is InChI=1S/C14H17N3O5S/c1-15-13(18)12-6-11(23)7-16(12)14(19)22-8-9-2-4-10(5-3-9)17(20)21/h2-5,11-12,23H,6-8H2,1H3,(H,15,18)/t11-,12-/m1/s1. The van der Waals surface area contributed by atoms with Crippen LogP contribution >= 0.6 is 12.6 Å². The molecule has 0 aromatic heterocycles. The zero-order valence-electron chi connectivity index (χ0n) is 12.5. The maximum atomic E-state index is 12.2. The van der Waals surface area contributed by atoms with Crippen molar-refractivity contribution in [3.8, 4) is 0 Å². The molecule has 1 heterocycles. The summed E-state index contributed by atoms with van der Waals surface area (Å²) in [6.45, 7) is 0.311. The number of hydrogen-bond acceptors (Lipinski definition) is 6. The monoisotopic (exact) mass is 339 g/mol. The zero-order chi connectivity index (χ0) is 17.0. The van der Waals surface area contributed by atoms with E-state index in [1.807, 2.05) is 0 Å². The van der Waals surface area contributed by atoms with Gasteiger partial charge < -0.3 is 10.1 Å². The molecule has 9 heteroatoms. The molecule has 8 nitrogen and oxygen atoms in total. The maximum absolute atomic E-state index is 12.2. The lowest BCUT2D eigenvalue weighted by Gasteiger charge is -2.22. The number of amides is 2. The van der Waals surface area contributed by atoms with E-state index < -0.39 is 17.1 Å². The van der Waals surface area contributed by atoms with Gasteiger partial charge in [-0.15, -0.1) is 0 Å². The number of nitrogens with zero attached hydrogens (tertiary/aromatic N) is 2. The van der Waals surface area contributed by atoms with Gasteiger partial charge in [0.1, 0.15) is 12.6 Å². The predicted molar refractivity (Wildman–Crippen MR) is 85.2 cm³/mol. The van der Waals surface area contributed by atoms with E-state index in [1.54, 1.807) is 0 Å². The van der Waals surface area contributed by atoms with Crippen molar-refractivity contribution in [2.75, 3.05) is 13.6 Å². The van der Waals surface area contributed by atoms with E-state index in [4.69, 9.17) is 4.74 Å². The van der Waals surface area contributed by atoms with E-state index in [-0.39, 0.29) is 23.5 Å². The highest BCUT2D eigenvalue weighted by Gasteiger charge is 2.38. The van der Waals surface area contributed by atoms with Crippen LogP contribution in [-0.2, 0) is 16.1 Å². The van der Waals surface area contributed by atoms with Crippen LogP contribution in [0.15, 0.2) is 24.3 Å². The third kappa shape index (κ3) is 4.13. The summed E-state index contributed by atoms with van der Waals surface area (Å²) in [5.74, 6) is -0.256. The van der Waals surface area contributed by atoms with Gasteiger partial charge in [0.05, 0.1) is 4.92 Å². The molecule has 2 amide bonds. The van der Waals surface area contributed by atoms with Crippen LogP contribution in [0.2, 0.25) is 0 Å². The minimum absolute atomic E-state index is 0.0228. The number of non-ortho nitro benzene ring substituents is 1. The Morgan fingerprint density at radius 1 is 1.43 bits per heavy atom. The van der Waals surface area contributed by atoms with Crippen molar-refractivity contribution < 1.29 is 19.2 Å². The van der Waals surface area contributed by atoms with Gasteiger partial charge in [0.15, 0.2) is 0 Å². The molecule has 0 saturated carbocycles. The average molecular weight is 339 g/mol. The summed E-state index contributed by atoms with van der Waals surface area (Å²) in [6.07, 6.45) is -0.136. The molecule has 0 unspecified atom stereocenters. The quantitative estimate of drug-likeness (QED) is 0.490. The van der Waals surface area contributed by atoms with Crippen LogP contribution < -0.4 is 5.32 Å². The highest BCUT2D eigenvalue weighted by atomic mass is 32.1. The first kappa shape index (κ1) is 17.1. The number of thiol groups is 1. The van der Waals surface area contributed by atoms with E-state index in [0.717, 1.165) is 0 Å². The second-order valence-electron chi connectivity index (χ2n) is 5.15. The lowest BCUT2D eigenvalue weighted by Crippen LogP contribution is -2.45. The van der Waals surface area contributed by atoms with Gasteiger partial charge in [-0.25, -0.2) is 4.79 Å². The van der Waals surface area contributed by atoms with Crippen LogP contribution in [0.4, 0.5) is 10.5 Å². The minimum Gasteiger partial charge on any atom is -0.445 e. The number of rotatable bonds is 4. The number of carbonyl (C=O) groups is 2. The van der Waals surface area contributed by atoms with Crippen LogP contribution in [0.3, 0.4) is 0 Å². The highest BCUT2D eigenvalue weighted by Crippen LogP contribution is 2.23.